The molecule has 5 nitrogen and oxygen atoms in total. The molecule has 3 aromatic carbocycles. The molecule has 2 amide bonds. The highest BCUT2D eigenvalue weighted by atomic mass is 16.3. The molecule has 1 aliphatic rings. The van der Waals surface area contributed by atoms with Gasteiger partial charge in [0.2, 0.25) is 5.91 Å². The van der Waals surface area contributed by atoms with Crippen molar-refractivity contribution in [3.63, 3.8) is 0 Å². The predicted octanol–water partition coefficient (Wildman–Crippen LogP) is 3.55. The summed E-state index contributed by atoms with van der Waals surface area (Å²) in [4.78, 5) is 29.3. The van der Waals surface area contributed by atoms with Crippen LogP contribution < -0.4 is 9.80 Å². The van der Waals surface area contributed by atoms with Crippen LogP contribution in [0.1, 0.15) is 22.3 Å². The molecule has 1 N–H and O–H groups in total. The van der Waals surface area contributed by atoms with Crippen molar-refractivity contribution in [1.82, 2.24) is 0 Å². The van der Waals surface area contributed by atoms with Crippen LogP contribution in [-0.4, -0.2) is 30.5 Å². The van der Waals surface area contributed by atoms with E-state index in [9.17, 15) is 14.7 Å². The first-order valence-electron chi connectivity index (χ1n) is 9.86. The van der Waals surface area contributed by atoms with Crippen LogP contribution in [0.4, 0.5) is 11.4 Å². The average molecular weight is 400 g/mol. The Bertz CT molecular complexity index is 1120. The smallest absolute Gasteiger partial charge is 0.268 e. The molecule has 1 atom stereocenters. The molecule has 1 heterocycles. The highest BCUT2D eigenvalue weighted by Gasteiger charge is 2.51. The number of fused-ring (bicyclic) bond motifs is 1. The lowest BCUT2D eigenvalue weighted by molar-refractivity contribution is -0.133. The maximum absolute atomic E-state index is 13.4. The summed E-state index contributed by atoms with van der Waals surface area (Å²) in [6, 6.07) is 22.0. The standard InChI is InChI=1S/C25H24N2O3/c1-17-11-13-19(14-12-17)25(30)21-9-4-5-10-22(21)27(24(25)29)16-23(28)26(3)20-8-6-7-18(2)15-20/h4-15,30H,16H2,1-3H3/t25-/m0/s1. The summed E-state index contributed by atoms with van der Waals surface area (Å²) < 4.78 is 0. The first kappa shape index (κ1) is 19.9. The molecule has 5 heteroatoms. The van der Waals surface area contributed by atoms with Gasteiger partial charge in [-0.3, -0.25) is 14.5 Å². The van der Waals surface area contributed by atoms with E-state index in [1.54, 1.807) is 43.4 Å². The second-order valence-electron chi connectivity index (χ2n) is 7.78. The van der Waals surface area contributed by atoms with Gasteiger partial charge in [-0.2, -0.15) is 0 Å². The van der Waals surface area contributed by atoms with Crippen LogP contribution in [0.15, 0.2) is 72.8 Å². The van der Waals surface area contributed by atoms with Crippen molar-refractivity contribution in [1.29, 1.82) is 0 Å². The Morgan fingerprint density at radius 2 is 1.67 bits per heavy atom. The first-order chi connectivity index (χ1) is 14.3. The number of hydrogen-bond acceptors (Lipinski definition) is 3. The highest BCUT2D eigenvalue weighted by molar-refractivity contribution is 6.12. The Kier molecular flexibility index (Phi) is 4.92. The molecule has 0 saturated carbocycles. The number of likely N-dealkylation sites (N-methyl/N-ethyl adjacent to an activating group) is 1. The van der Waals surface area contributed by atoms with E-state index in [0.29, 0.717) is 16.8 Å². The molecular formula is C25H24N2O3. The Labute approximate surface area is 176 Å². The molecule has 152 valence electrons. The second kappa shape index (κ2) is 7.43. The van der Waals surface area contributed by atoms with Crippen LogP contribution in [0.5, 0.6) is 0 Å². The lowest BCUT2D eigenvalue weighted by Gasteiger charge is -2.25. The van der Waals surface area contributed by atoms with Crippen molar-refractivity contribution in [2.45, 2.75) is 19.4 Å². The van der Waals surface area contributed by atoms with Crippen LogP contribution in [0, 0.1) is 13.8 Å². The Morgan fingerprint density at radius 1 is 0.967 bits per heavy atom. The summed E-state index contributed by atoms with van der Waals surface area (Å²) in [6.45, 7) is 3.75. The summed E-state index contributed by atoms with van der Waals surface area (Å²) in [6.07, 6.45) is 0. The van der Waals surface area contributed by atoms with Gasteiger partial charge in [0.15, 0.2) is 5.60 Å². The number of carbonyl (C=O) groups is 2. The molecule has 4 rings (SSSR count). The van der Waals surface area contributed by atoms with Gasteiger partial charge in [-0.25, -0.2) is 0 Å². The Hall–Kier alpha value is -3.44. The molecule has 0 bridgehead atoms. The summed E-state index contributed by atoms with van der Waals surface area (Å²) >= 11 is 0. The van der Waals surface area contributed by atoms with Gasteiger partial charge in [-0.15, -0.1) is 0 Å². The van der Waals surface area contributed by atoms with Gasteiger partial charge in [0, 0.05) is 18.3 Å². The number of aryl methyl sites for hydroxylation is 2. The third-order valence-corrected chi connectivity index (χ3v) is 5.67. The van der Waals surface area contributed by atoms with Gasteiger partial charge in [-0.1, -0.05) is 60.2 Å². The molecule has 30 heavy (non-hydrogen) atoms. The molecule has 0 saturated heterocycles. The number of aliphatic hydroxyl groups is 1. The quantitative estimate of drug-likeness (QED) is 0.729. The average Bonchev–Trinajstić information content (AvgIpc) is 2.96. The third-order valence-electron chi connectivity index (χ3n) is 5.67. The topological polar surface area (TPSA) is 60.9 Å². The van der Waals surface area contributed by atoms with E-state index in [1.165, 1.54) is 9.80 Å². The van der Waals surface area contributed by atoms with Gasteiger partial charge in [0.1, 0.15) is 6.54 Å². The molecule has 0 spiro atoms. The van der Waals surface area contributed by atoms with E-state index in [4.69, 9.17) is 0 Å². The fourth-order valence-corrected chi connectivity index (χ4v) is 3.89. The number of para-hydroxylation sites is 1. The van der Waals surface area contributed by atoms with Gasteiger partial charge in [-0.05, 0) is 43.2 Å². The Morgan fingerprint density at radius 3 is 2.37 bits per heavy atom. The highest BCUT2D eigenvalue weighted by Crippen LogP contribution is 2.44. The van der Waals surface area contributed by atoms with Crippen molar-refractivity contribution in [3.8, 4) is 0 Å². The van der Waals surface area contributed by atoms with Crippen LogP contribution in [-0.2, 0) is 15.2 Å². The van der Waals surface area contributed by atoms with Crippen LogP contribution in [0.2, 0.25) is 0 Å². The van der Waals surface area contributed by atoms with Gasteiger partial charge >= 0.3 is 0 Å². The minimum Gasteiger partial charge on any atom is -0.372 e. The zero-order valence-corrected chi connectivity index (χ0v) is 17.3. The summed E-state index contributed by atoms with van der Waals surface area (Å²) in [5.74, 6) is -0.754. The van der Waals surface area contributed by atoms with Gasteiger partial charge < -0.3 is 10.0 Å². The Balaban J connectivity index is 1.69. The molecular weight excluding hydrogens is 376 g/mol. The summed E-state index contributed by atoms with van der Waals surface area (Å²) in [7, 11) is 1.69. The van der Waals surface area contributed by atoms with Crippen LogP contribution >= 0.6 is 0 Å². The molecule has 0 fully saturated rings. The van der Waals surface area contributed by atoms with E-state index < -0.39 is 11.5 Å². The molecule has 1 aliphatic heterocycles. The summed E-state index contributed by atoms with van der Waals surface area (Å²) in [5.41, 5.74) is 2.56. The van der Waals surface area contributed by atoms with Gasteiger partial charge in [0.25, 0.3) is 5.91 Å². The van der Waals surface area contributed by atoms with Crippen molar-refractivity contribution >= 4 is 23.2 Å². The summed E-state index contributed by atoms with van der Waals surface area (Å²) in [5, 5.41) is 11.5. The maximum atomic E-state index is 13.4. The first-order valence-corrected chi connectivity index (χ1v) is 9.86. The molecule has 0 radical (unpaired) electrons. The largest absolute Gasteiger partial charge is 0.372 e. The number of anilines is 2. The van der Waals surface area contributed by atoms with E-state index in [-0.39, 0.29) is 12.5 Å². The number of nitrogens with zero attached hydrogens (tertiary/aromatic N) is 2. The van der Waals surface area contributed by atoms with Gasteiger partial charge in [0.05, 0.1) is 5.69 Å². The number of hydrogen-bond donors (Lipinski definition) is 1. The zero-order chi connectivity index (χ0) is 21.5. The van der Waals surface area contributed by atoms with E-state index in [2.05, 4.69) is 0 Å². The van der Waals surface area contributed by atoms with Crippen LogP contribution in [0.3, 0.4) is 0 Å². The fraction of sp³-hybridized carbons (Fsp3) is 0.200. The van der Waals surface area contributed by atoms with Crippen molar-refractivity contribution < 1.29 is 14.7 Å². The van der Waals surface area contributed by atoms with Crippen LogP contribution in [0.25, 0.3) is 0 Å². The van der Waals surface area contributed by atoms with Crippen molar-refractivity contribution in [2.75, 3.05) is 23.4 Å². The lowest BCUT2D eigenvalue weighted by atomic mass is 9.87. The fourth-order valence-electron chi connectivity index (χ4n) is 3.89. The SMILES string of the molecule is Cc1ccc([C@@]2(O)C(=O)N(CC(=O)N(C)c3cccc(C)c3)c3ccccc32)cc1. The number of carbonyl (C=O) groups excluding carboxylic acids is 2. The molecule has 0 aliphatic carbocycles. The van der Waals surface area contributed by atoms with Crippen molar-refractivity contribution in [2.24, 2.45) is 0 Å². The van der Waals surface area contributed by atoms with Crippen molar-refractivity contribution in [3.05, 3.63) is 95.1 Å². The predicted molar refractivity (Wildman–Crippen MR) is 118 cm³/mol. The lowest BCUT2D eigenvalue weighted by Crippen LogP contribution is -2.45. The number of rotatable bonds is 4. The molecule has 0 unspecified atom stereocenters. The maximum Gasteiger partial charge on any atom is 0.268 e. The minimum absolute atomic E-state index is 0.158. The normalized spacial score (nSPS) is 17.7. The van der Waals surface area contributed by atoms with E-state index in [0.717, 1.165) is 16.8 Å². The van der Waals surface area contributed by atoms with E-state index >= 15 is 0 Å². The van der Waals surface area contributed by atoms with E-state index in [1.807, 2.05) is 50.2 Å². The second-order valence-corrected chi connectivity index (χ2v) is 7.78. The monoisotopic (exact) mass is 400 g/mol. The number of amides is 2. The third kappa shape index (κ3) is 3.17. The molecule has 3 aromatic rings. The zero-order valence-electron chi connectivity index (χ0n) is 17.3. The number of benzene rings is 3. The minimum atomic E-state index is -1.81. The molecule has 0 aromatic heterocycles.